The SMILES string of the molecule is CC(=N)NC(=O)c1cn(-c2cnc3ccccc3c2)cc1C. The summed E-state index contributed by atoms with van der Waals surface area (Å²) in [6, 6.07) is 9.93. The first-order valence-electron chi connectivity index (χ1n) is 6.95. The Morgan fingerprint density at radius 3 is 2.82 bits per heavy atom. The molecule has 0 aliphatic carbocycles. The lowest BCUT2D eigenvalue weighted by atomic mass is 10.2. The molecule has 2 aromatic heterocycles. The topological polar surface area (TPSA) is 70.8 Å². The Bertz CT molecular complexity index is 879. The maximum absolute atomic E-state index is 12.1. The summed E-state index contributed by atoms with van der Waals surface area (Å²) in [5, 5.41) is 10.9. The summed E-state index contributed by atoms with van der Waals surface area (Å²) in [5.41, 5.74) is 3.24. The molecule has 110 valence electrons. The standard InChI is InChI=1S/C17H16N4O/c1-11-9-21(10-15(11)17(22)20-12(2)18)14-7-13-5-3-4-6-16(13)19-8-14/h3-10H,1-2H3,(H2,18,20,22). The molecule has 3 rings (SSSR count). The maximum atomic E-state index is 12.1. The molecule has 5 heteroatoms. The summed E-state index contributed by atoms with van der Waals surface area (Å²) in [4.78, 5) is 16.5. The molecule has 0 radical (unpaired) electrons. The molecule has 1 amide bonds. The van der Waals surface area contributed by atoms with Crippen molar-refractivity contribution in [3.8, 4) is 5.69 Å². The highest BCUT2D eigenvalue weighted by molar-refractivity contribution is 6.05. The van der Waals surface area contributed by atoms with Crippen molar-refractivity contribution in [1.29, 1.82) is 5.41 Å². The molecule has 2 N–H and O–H groups in total. The number of fused-ring (bicyclic) bond motifs is 1. The van der Waals surface area contributed by atoms with Gasteiger partial charge in [0.1, 0.15) is 0 Å². The van der Waals surface area contributed by atoms with Crippen LogP contribution in [0.3, 0.4) is 0 Å². The van der Waals surface area contributed by atoms with Gasteiger partial charge in [-0.25, -0.2) is 0 Å². The Kier molecular flexibility index (Phi) is 3.47. The second kappa shape index (κ2) is 5.44. The van der Waals surface area contributed by atoms with Crippen molar-refractivity contribution in [1.82, 2.24) is 14.9 Å². The number of carbonyl (C=O) groups excluding carboxylic acids is 1. The summed E-state index contributed by atoms with van der Waals surface area (Å²) in [6.07, 6.45) is 5.44. The predicted molar refractivity (Wildman–Crippen MR) is 86.7 cm³/mol. The number of para-hydroxylation sites is 1. The van der Waals surface area contributed by atoms with E-state index < -0.39 is 0 Å². The molecule has 3 aromatic rings. The number of hydrogen-bond donors (Lipinski definition) is 2. The van der Waals surface area contributed by atoms with Crippen molar-refractivity contribution in [2.24, 2.45) is 0 Å². The van der Waals surface area contributed by atoms with E-state index in [9.17, 15) is 4.79 Å². The van der Waals surface area contributed by atoms with Crippen molar-refractivity contribution in [2.45, 2.75) is 13.8 Å². The first-order chi connectivity index (χ1) is 10.5. The molecule has 0 spiro atoms. The summed E-state index contributed by atoms with van der Waals surface area (Å²) in [6.45, 7) is 3.41. The number of benzene rings is 1. The smallest absolute Gasteiger partial charge is 0.258 e. The molecule has 0 aliphatic rings. The minimum atomic E-state index is -0.266. The zero-order valence-electron chi connectivity index (χ0n) is 12.4. The van der Waals surface area contributed by atoms with Crippen LogP contribution in [0.5, 0.6) is 0 Å². The van der Waals surface area contributed by atoms with Crippen molar-refractivity contribution in [3.05, 3.63) is 60.0 Å². The predicted octanol–water partition coefficient (Wildman–Crippen LogP) is 3.06. The summed E-state index contributed by atoms with van der Waals surface area (Å²) < 4.78 is 1.88. The van der Waals surface area contributed by atoms with E-state index in [1.807, 2.05) is 48.0 Å². The van der Waals surface area contributed by atoms with Gasteiger partial charge in [0.25, 0.3) is 5.91 Å². The fourth-order valence-corrected chi connectivity index (χ4v) is 2.38. The number of nitrogens with zero attached hydrogens (tertiary/aromatic N) is 2. The Labute approximate surface area is 128 Å². The number of amides is 1. The number of amidine groups is 1. The van der Waals surface area contributed by atoms with Crippen molar-refractivity contribution in [2.75, 3.05) is 0 Å². The van der Waals surface area contributed by atoms with Crippen LogP contribution < -0.4 is 5.32 Å². The molecule has 0 unspecified atom stereocenters. The first kappa shape index (κ1) is 14.0. The van der Waals surface area contributed by atoms with Gasteiger partial charge in [-0.1, -0.05) is 18.2 Å². The number of pyridine rings is 1. The lowest BCUT2D eigenvalue weighted by Gasteiger charge is -2.04. The number of rotatable bonds is 2. The normalized spacial score (nSPS) is 10.6. The largest absolute Gasteiger partial charge is 0.321 e. The van der Waals surface area contributed by atoms with Gasteiger partial charge in [-0.15, -0.1) is 0 Å². The summed E-state index contributed by atoms with van der Waals surface area (Å²) in [5.74, 6) is -0.137. The quantitative estimate of drug-likeness (QED) is 0.563. The zero-order valence-corrected chi connectivity index (χ0v) is 12.4. The van der Waals surface area contributed by atoms with E-state index in [4.69, 9.17) is 5.41 Å². The first-order valence-corrected chi connectivity index (χ1v) is 6.95. The number of aromatic nitrogens is 2. The van der Waals surface area contributed by atoms with Gasteiger partial charge in [0.05, 0.1) is 28.8 Å². The lowest BCUT2D eigenvalue weighted by molar-refractivity contribution is 0.0976. The lowest BCUT2D eigenvalue weighted by Crippen LogP contribution is -2.27. The average Bonchev–Trinajstić information content (AvgIpc) is 2.88. The molecule has 0 fully saturated rings. The number of nitrogens with one attached hydrogen (secondary N) is 2. The molecule has 5 nitrogen and oxygen atoms in total. The Morgan fingerprint density at radius 1 is 1.27 bits per heavy atom. The van der Waals surface area contributed by atoms with Gasteiger partial charge in [-0.05, 0) is 31.5 Å². The van der Waals surface area contributed by atoms with Crippen LogP contribution in [-0.4, -0.2) is 21.3 Å². The fraction of sp³-hybridized carbons (Fsp3) is 0.118. The molecule has 0 atom stereocenters. The number of carbonyl (C=O) groups is 1. The van der Waals surface area contributed by atoms with E-state index in [0.717, 1.165) is 22.2 Å². The molecule has 1 aromatic carbocycles. The van der Waals surface area contributed by atoms with Crippen LogP contribution in [-0.2, 0) is 0 Å². The summed E-state index contributed by atoms with van der Waals surface area (Å²) in [7, 11) is 0. The van der Waals surface area contributed by atoms with Gasteiger partial charge < -0.3 is 9.88 Å². The minimum Gasteiger partial charge on any atom is -0.321 e. The van der Waals surface area contributed by atoms with Gasteiger partial charge in [0.2, 0.25) is 0 Å². The third-order valence-electron chi connectivity index (χ3n) is 3.45. The van der Waals surface area contributed by atoms with Crippen LogP contribution >= 0.6 is 0 Å². The molecule has 22 heavy (non-hydrogen) atoms. The molecule has 0 saturated carbocycles. The van der Waals surface area contributed by atoms with Gasteiger partial charge in [0, 0.05) is 17.8 Å². The van der Waals surface area contributed by atoms with Crippen LogP contribution in [0.15, 0.2) is 48.9 Å². The van der Waals surface area contributed by atoms with E-state index in [0.29, 0.717) is 5.56 Å². The monoisotopic (exact) mass is 292 g/mol. The van der Waals surface area contributed by atoms with Crippen LogP contribution in [0.4, 0.5) is 0 Å². The van der Waals surface area contributed by atoms with E-state index in [-0.39, 0.29) is 11.7 Å². The van der Waals surface area contributed by atoms with Crippen molar-refractivity contribution >= 4 is 22.6 Å². The highest BCUT2D eigenvalue weighted by atomic mass is 16.1. The third kappa shape index (κ3) is 2.61. The van der Waals surface area contributed by atoms with E-state index in [1.54, 1.807) is 12.4 Å². The molecular formula is C17H16N4O. The molecule has 0 aliphatic heterocycles. The highest BCUT2D eigenvalue weighted by Crippen LogP contribution is 2.19. The van der Waals surface area contributed by atoms with Crippen LogP contribution in [0, 0.1) is 12.3 Å². The number of hydrogen-bond acceptors (Lipinski definition) is 3. The molecule has 2 heterocycles. The second-order valence-electron chi connectivity index (χ2n) is 5.23. The molecular weight excluding hydrogens is 276 g/mol. The zero-order chi connectivity index (χ0) is 15.7. The minimum absolute atomic E-state index is 0.129. The Hall–Kier alpha value is -2.95. The van der Waals surface area contributed by atoms with Crippen LogP contribution in [0.25, 0.3) is 16.6 Å². The van der Waals surface area contributed by atoms with Crippen molar-refractivity contribution in [3.63, 3.8) is 0 Å². The Morgan fingerprint density at radius 2 is 2.05 bits per heavy atom. The highest BCUT2D eigenvalue weighted by Gasteiger charge is 2.13. The van der Waals surface area contributed by atoms with E-state index >= 15 is 0 Å². The van der Waals surface area contributed by atoms with Crippen LogP contribution in [0.2, 0.25) is 0 Å². The fourth-order valence-electron chi connectivity index (χ4n) is 2.38. The number of aryl methyl sites for hydroxylation is 1. The third-order valence-corrected chi connectivity index (χ3v) is 3.45. The second-order valence-corrected chi connectivity index (χ2v) is 5.23. The summed E-state index contributed by atoms with van der Waals surface area (Å²) >= 11 is 0. The van der Waals surface area contributed by atoms with E-state index in [1.165, 1.54) is 6.92 Å². The Balaban J connectivity index is 2.00. The van der Waals surface area contributed by atoms with E-state index in [2.05, 4.69) is 10.3 Å². The average molecular weight is 292 g/mol. The van der Waals surface area contributed by atoms with Gasteiger partial charge in [-0.3, -0.25) is 15.2 Å². The van der Waals surface area contributed by atoms with Crippen molar-refractivity contribution < 1.29 is 4.79 Å². The van der Waals surface area contributed by atoms with Gasteiger partial charge in [-0.2, -0.15) is 0 Å². The van der Waals surface area contributed by atoms with Gasteiger partial charge >= 0.3 is 0 Å². The molecule has 0 saturated heterocycles. The maximum Gasteiger partial charge on any atom is 0.258 e. The van der Waals surface area contributed by atoms with Crippen LogP contribution in [0.1, 0.15) is 22.8 Å². The van der Waals surface area contributed by atoms with Gasteiger partial charge in [0.15, 0.2) is 0 Å². The molecule has 0 bridgehead atoms.